The number of carbonyl (C=O) groups is 1. The van der Waals surface area contributed by atoms with Gasteiger partial charge in [-0.3, -0.25) is 9.78 Å². The van der Waals surface area contributed by atoms with Gasteiger partial charge in [0.1, 0.15) is 22.9 Å². The van der Waals surface area contributed by atoms with Crippen molar-refractivity contribution in [1.29, 1.82) is 0 Å². The molecule has 2 unspecified atom stereocenters. The summed E-state index contributed by atoms with van der Waals surface area (Å²) < 4.78 is 5.98. The van der Waals surface area contributed by atoms with E-state index in [0.29, 0.717) is 28.4 Å². The van der Waals surface area contributed by atoms with Crippen molar-refractivity contribution in [2.24, 2.45) is 0 Å². The number of aldehydes is 1. The van der Waals surface area contributed by atoms with Gasteiger partial charge in [0, 0.05) is 37.0 Å². The number of hydrogen-bond acceptors (Lipinski definition) is 5. The lowest BCUT2D eigenvalue weighted by molar-refractivity contribution is 0.112. The van der Waals surface area contributed by atoms with Crippen LogP contribution < -0.4 is 10.1 Å². The van der Waals surface area contributed by atoms with Gasteiger partial charge in [-0.15, -0.1) is 0 Å². The second-order valence-electron chi connectivity index (χ2n) is 4.81. The third-order valence-corrected chi connectivity index (χ3v) is 3.35. The molecule has 0 amide bonds. The highest BCUT2D eigenvalue weighted by Gasteiger charge is 2.23. The summed E-state index contributed by atoms with van der Waals surface area (Å²) in [4.78, 5) is 19.5. The van der Waals surface area contributed by atoms with Gasteiger partial charge in [0.25, 0.3) is 0 Å². The van der Waals surface area contributed by atoms with E-state index < -0.39 is 0 Å². The minimum absolute atomic E-state index is 0.141. The van der Waals surface area contributed by atoms with Crippen LogP contribution in [0.25, 0.3) is 11.0 Å². The first kappa shape index (κ1) is 12.0. The summed E-state index contributed by atoms with van der Waals surface area (Å²) in [6, 6.07) is 3.99. The lowest BCUT2D eigenvalue weighted by Crippen LogP contribution is -2.20. The Morgan fingerprint density at radius 2 is 2.11 bits per heavy atom. The standard InChI is InChI=1S/C14H15N3O2/c1-9-6-11(7-17-9)19-12-3-2-10(8-18)13-14(12)16-5-4-15-13/h2-5,8-9,11,17H,6-7H2,1H3. The first-order valence-electron chi connectivity index (χ1n) is 6.37. The number of nitrogens with one attached hydrogen (secondary N) is 1. The molecule has 1 aromatic heterocycles. The molecule has 5 nitrogen and oxygen atoms in total. The Morgan fingerprint density at radius 3 is 2.79 bits per heavy atom. The number of carbonyl (C=O) groups excluding carboxylic acids is 1. The van der Waals surface area contributed by atoms with E-state index in [-0.39, 0.29) is 6.10 Å². The topological polar surface area (TPSA) is 64.1 Å². The predicted octanol–water partition coefficient (Wildman–Crippen LogP) is 1.57. The van der Waals surface area contributed by atoms with Crippen molar-refractivity contribution in [1.82, 2.24) is 15.3 Å². The van der Waals surface area contributed by atoms with E-state index in [9.17, 15) is 4.79 Å². The van der Waals surface area contributed by atoms with Crippen LogP contribution in [0.5, 0.6) is 5.75 Å². The molecule has 1 aliphatic rings. The predicted molar refractivity (Wildman–Crippen MR) is 71.4 cm³/mol. The normalized spacial score (nSPS) is 22.6. The van der Waals surface area contributed by atoms with Crippen molar-refractivity contribution in [3.63, 3.8) is 0 Å². The molecule has 1 N–H and O–H groups in total. The molecule has 1 fully saturated rings. The molecule has 19 heavy (non-hydrogen) atoms. The molecule has 0 spiro atoms. The van der Waals surface area contributed by atoms with E-state index >= 15 is 0 Å². The van der Waals surface area contributed by atoms with Crippen LogP contribution in [0.2, 0.25) is 0 Å². The van der Waals surface area contributed by atoms with Gasteiger partial charge in [0.15, 0.2) is 6.29 Å². The average Bonchev–Trinajstić information content (AvgIpc) is 2.85. The van der Waals surface area contributed by atoms with Crippen molar-refractivity contribution in [2.75, 3.05) is 6.54 Å². The van der Waals surface area contributed by atoms with Gasteiger partial charge in [0.2, 0.25) is 0 Å². The Labute approximate surface area is 111 Å². The van der Waals surface area contributed by atoms with Crippen LogP contribution >= 0.6 is 0 Å². The van der Waals surface area contributed by atoms with Gasteiger partial charge in [-0.25, -0.2) is 4.98 Å². The molecule has 5 heteroatoms. The largest absolute Gasteiger partial charge is 0.487 e. The highest BCUT2D eigenvalue weighted by Crippen LogP contribution is 2.26. The fourth-order valence-corrected chi connectivity index (χ4v) is 2.41. The summed E-state index contributed by atoms with van der Waals surface area (Å²) in [7, 11) is 0. The Morgan fingerprint density at radius 1 is 1.32 bits per heavy atom. The van der Waals surface area contributed by atoms with Gasteiger partial charge < -0.3 is 10.1 Å². The molecule has 2 heterocycles. The van der Waals surface area contributed by atoms with Crippen LogP contribution in [0.15, 0.2) is 24.5 Å². The number of nitrogens with zero attached hydrogens (tertiary/aromatic N) is 2. The molecule has 1 saturated heterocycles. The molecule has 0 radical (unpaired) electrons. The van der Waals surface area contributed by atoms with Crippen molar-refractivity contribution >= 4 is 17.3 Å². The van der Waals surface area contributed by atoms with E-state index in [1.54, 1.807) is 24.5 Å². The highest BCUT2D eigenvalue weighted by molar-refractivity contribution is 5.96. The van der Waals surface area contributed by atoms with Crippen LogP contribution in [-0.2, 0) is 0 Å². The van der Waals surface area contributed by atoms with E-state index in [4.69, 9.17) is 4.74 Å². The van der Waals surface area contributed by atoms with Gasteiger partial charge in [0.05, 0.1) is 0 Å². The highest BCUT2D eigenvalue weighted by atomic mass is 16.5. The molecular formula is C14H15N3O2. The summed E-state index contributed by atoms with van der Waals surface area (Å²) in [6.45, 7) is 2.97. The number of aromatic nitrogens is 2. The van der Waals surface area contributed by atoms with Crippen LogP contribution in [0.1, 0.15) is 23.7 Å². The zero-order valence-corrected chi connectivity index (χ0v) is 10.7. The van der Waals surface area contributed by atoms with Gasteiger partial charge in [-0.2, -0.15) is 0 Å². The lowest BCUT2D eigenvalue weighted by atomic mass is 10.1. The molecule has 1 aromatic carbocycles. The minimum Gasteiger partial charge on any atom is -0.487 e. The molecular weight excluding hydrogens is 242 g/mol. The molecule has 2 atom stereocenters. The SMILES string of the molecule is CC1CC(Oc2ccc(C=O)c3nccnc23)CN1. The van der Waals surface area contributed by atoms with Crippen molar-refractivity contribution in [3.8, 4) is 5.75 Å². The molecule has 0 aliphatic carbocycles. The summed E-state index contributed by atoms with van der Waals surface area (Å²) in [5, 5.41) is 3.34. The van der Waals surface area contributed by atoms with E-state index in [0.717, 1.165) is 19.3 Å². The van der Waals surface area contributed by atoms with Crippen LogP contribution in [-0.4, -0.2) is 34.9 Å². The number of hydrogen-bond donors (Lipinski definition) is 1. The summed E-state index contributed by atoms with van der Waals surface area (Å²) in [5.74, 6) is 0.689. The van der Waals surface area contributed by atoms with Crippen molar-refractivity contribution in [3.05, 3.63) is 30.1 Å². The minimum atomic E-state index is 0.141. The Kier molecular flexibility index (Phi) is 3.13. The third-order valence-electron chi connectivity index (χ3n) is 3.35. The molecule has 0 saturated carbocycles. The molecule has 98 valence electrons. The van der Waals surface area contributed by atoms with Crippen LogP contribution in [0.3, 0.4) is 0 Å². The Bertz CT molecular complexity index is 615. The summed E-state index contributed by atoms with van der Waals surface area (Å²) in [5.41, 5.74) is 1.77. The quantitative estimate of drug-likeness (QED) is 0.846. The number of ether oxygens (including phenoxy) is 1. The molecule has 3 rings (SSSR count). The second kappa shape index (κ2) is 4.93. The lowest BCUT2D eigenvalue weighted by Gasteiger charge is -2.14. The number of fused-ring (bicyclic) bond motifs is 1. The van der Waals surface area contributed by atoms with E-state index in [1.165, 1.54) is 0 Å². The van der Waals surface area contributed by atoms with Crippen molar-refractivity contribution < 1.29 is 9.53 Å². The summed E-state index contributed by atoms with van der Waals surface area (Å²) in [6.07, 6.45) is 5.09. The molecule has 0 bridgehead atoms. The van der Waals surface area contributed by atoms with E-state index in [1.807, 2.05) is 0 Å². The Balaban J connectivity index is 1.98. The average molecular weight is 257 g/mol. The van der Waals surface area contributed by atoms with E-state index in [2.05, 4.69) is 22.2 Å². The first-order valence-corrected chi connectivity index (χ1v) is 6.37. The smallest absolute Gasteiger partial charge is 0.152 e. The zero-order chi connectivity index (χ0) is 13.2. The first-order chi connectivity index (χ1) is 9.28. The maximum atomic E-state index is 11.0. The van der Waals surface area contributed by atoms with Gasteiger partial charge >= 0.3 is 0 Å². The molecule has 2 aromatic rings. The van der Waals surface area contributed by atoms with Gasteiger partial charge in [-0.1, -0.05) is 0 Å². The van der Waals surface area contributed by atoms with Crippen molar-refractivity contribution in [2.45, 2.75) is 25.5 Å². The zero-order valence-electron chi connectivity index (χ0n) is 10.7. The Hall–Kier alpha value is -2.01. The number of benzene rings is 1. The summed E-state index contributed by atoms with van der Waals surface area (Å²) >= 11 is 0. The molecule has 1 aliphatic heterocycles. The monoisotopic (exact) mass is 257 g/mol. The van der Waals surface area contributed by atoms with Crippen LogP contribution in [0.4, 0.5) is 0 Å². The van der Waals surface area contributed by atoms with Gasteiger partial charge in [-0.05, 0) is 19.1 Å². The fraction of sp³-hybridized carbons (Fsp3) is 0.357. The maximum absolute atomic E-state index is 11.0. The second-order valence-corrected chi connectivity index (χ2v) is 4.81. The van der Waals surface area contributed by atoms with Crippen LogP contribution in [0, 0.1) is 0 Å². The third kappa shape index (κ3) is 2.29. The fourth-order valence-electron chi connectivity index (χ4n) is 2.41. The maximum Gasteiger partial charge on any atom is 0.152 e. The number of rotatable bonds is 3.